The highest BCUT2D eigenvalue weighted by Crippen LogP contribution is 2.31. The second-order valence-electron chi connectivity index (χ2n) is 6.95. The Hall–Kier alpha value is -2.98. The average molecular weight is 430 g/mol. The first-order valence-electron chi connectivity index (χ1n) is 9.59. The molecule has 1 aromatic heterocycles. The summed E-state index contributed by atoms with van der Waals surface area (Å²) in [5, 5.41) is 2.85. The third kappa shape index (κ3) is 4.01. The highest BCUT2D eigenvalue weighted by atomic mass is 32.2. The maximum absolute atomic E-state index is 12.9. The van der Waals surface area contributed by atoms with Crippen molar-refractivity contribution in [1.29, 1.82) is 0 Å². The second kappa shape index (κ2) is 8.41. The molecular formula is C20H22N4O5S. The first-order chi connectivity index (χ1) is 14.5. The fourth-order valence-corrected chi connectivity index (χ4v) is 4.80. The van der Waals surface area contributed by atoms with E-state index in [1.165, 1.54) is 12.3 Å². The first-order valence-corrected chi connectivity index (χ1v) is 11.0. The first kappa shape index (κ1) is 20.3. The Labute approximate surface area is 174 Å². The number of anilines is 1. The number of nitrogens with one attached hydrogen (secondary N) is 1. The normalized spacial score (nSPS) is 19.3. The molecule has 1 saturated heterocycles. The van der Waals surface area contributed by atoms with Crippen LogP contribution in [0.4, 0.5) is 5.69 Å². The Morgan fingerprint density at radius 3 is 2.83 bits per heavy atom. The number of amidine groups is 1. The Kier molecular flexibility index (Phi) is 5.69. The van der Waals surface area contributed by atoms with Crippen molar-refractivity contribution in [2.24, 2.45) is 4.40 Å². The van der Waals surface area contributed by atoms with Crippen LogP contribution in [0.3, 0.4) is 0 Å². The zero-order chi connectivity index (χ0) is 21.1. The Bertz CT molecular complexity index is 1070. The van der Waals surface area contributed by atoms with E-state index in [2.05, 4.69) is 14.7 Å². The minimum atomic E-state index is -3.73. The third-order valence-electron chi connectivity index (χ3n) is 4.98. The van der Waals surface area contributed by atoms with Crippen molar-refractivity contribution < 1.29 is 22.7 Å². The van der Waals surface area contributed by atoms with Crippen molar-refractivity contribution in [3.63, 3.8) is 0 Å². The number of nitrogens with zero attached hydrogens (tertiary/aromatic N) is 3. The van der Waals surface area contributed by atoms with Crippen molar-refractivity contribution in [3.05, 3.63) is 48.2 Å². The fraction of sp³-hybridized carbons (Fsp3) is 0.350. The van der Waals surface area contributed by atoms with E-state index in [4.69, 9.17) is 9.47 Å². The number of sulfonamides is 1. The summed E-state index contributed by atoms with van der Waals surface area (Å²) in [6.07, 6.45) is 2.90. The smallest absolute Gasteiger partial charge is 0.285 e. The number of amides is 1. The molecule has 1 N–H and O–H groups in total. The van der Waals surface area contributed by atoms with E-state index in [1.807, 2.05) is 0 Å². The van der Waals surface area contributed by atoms with Crippen LogP contribution >= 0.6 is 0 Å². The molecule has 158 valence electrons. The summed E-state index contributed by atoms with van der Waals surface area (Å²) in [6, 6.07) is 9.55. The van der Waals surface area contributed by atoms with Crippen molar-refractivity contribution in [2.75, 3.05) is 32.2 Å². The van der Waals surface area contributed by atoms with E-state index in [0.717, 1.165) is 6.42 Å². The van der Waals surface area contributed by atoms with Gasteiger partial charge in [0, 0.05) is 25.3 Å². The van der Waals surface area contributed by atoms with E-state index < -0.39 is 16.1 Å². The van der Waals surface area contributed by atoms with Gasteiger partial charge in [-0.3, -0.25) is 4.79 Å². The molecule has 1 aromatic carbocycles. The summed E-state index contributed by atoms with van der Waals surface area (Å²) in [7, 11) is -2.14. The number of aromatic nitrogens is 1. The van der Waals surface area contributed by atoms with Crippen molar-refractivity contribution in [3.8, 4) is 5.88 Å². The predicted molar refractivity (Wildman–Crippen MR) is 110 cm³/mol. The monoisotopic (exact) mass is 430 g/mol. The summed E-state index contributed by atoms with van der Waals surface area (Å²) in [6.45, 7) is 1.41. The van der Waals surface area contributed by atoms with E-state index in [1.54, 1.807) is 42.3 Å². The van der Waals surface area contributed by atoms with Gasteiger partial charge >= 0.3 is 0 Å². The minimum Gasteiger partial charge on any atom is -0.475 e. The van der Waals surface area contributed by atoms with Crippen molar-refractivity contribution in [1.82, 2.24) is 9.88 Å². The summed E-state index contributed by atoms with van der Waals surface area (Å²) in [4.78, 5) is 19.0. The highest BCUT2D eigenvalue weighted by molar-refractivity contribution is 7.90. The molecule has 3 heterocycles. The summed E-state index contributed by atoms with van der Waals surface area (Å²) in [5.74, 6) is 0.546. The Balaban J connectivity index is 1.47. The van der Waals surface area contributed by atoms with Gasteiger partial charge in [0.15, 0.2) is 5.84 Å². The SMILES string of the molecule is COCCOc1ccc(NC(=O)[C@@H]2CCCN2C2=NS(=O)(=O)c3ccccc32)cn1. The zero-order valence-electron chi connectivity index (χ0n) is 16.4. The molecule has 1 atom stereocenters. The quantitative estimate of drug-likeness (QED) is 0.694. The molecular weight excluding hydrogens is 408 g/mol. The van der Waals surface area contributed by atoms with Crippen LogP contribution in [0.15, 0.2) is 51.9 Å². The van der Waals surface area contributed by atoms with E-state index in [9.17, 15) is 13.2 Å². The minimum absolute atomic E-state index is 0.180. The van der Waals surface area contributed by atoms with Crippen LogP contribution in [0.5, 0.6) is 5.88 Å². The van der Waals surface area contributed by atoms with Crippen molar-refractivity contribution >= 4 is 27.5 Å². The summed E-state index contributed by atoms with van der Waals surface area (Å²) in [5.41, 5.74) is 1.07. The summed E-state index contributed by atoms with van der Waals surface area (Å²) < 4.78 is 39.0. The number of ether oxygens (including phenoxy) is 2. The van der Waals surface area contributed by atoms with Crippen molar-refractivity contribution in [2.45, 2.75) is 23.8 Å². The number of likely N-dealkylation sites (tertiary alicyclic amines) is 1. The van der Waals surface area contributed by atoms with Gasteiger partial charge in [0.25, 0.3) is 10.0 Å². The number of hydrogen-bond acceptors (Lipinski definition) is 7. The lowest BCUT2D eigenvalue weighted by atomic mass is 10.1. The average Bonchev–Trinajstić information content (AvgIpc) is 3.32. The van der Waals surface area contributed by atoms with Crippen LogP contribution in [-0.4, -0.2) is 63.0 Å². The van der Waals surface area contributed by atoms with Gasteiger partial charge in [-0.1, -0.05) is 12.1 Å². The van der Waals surface area contributed by atoms with Gasteiger partial charge in [-0.25, -0.2) is 4.98 Å². The highest BCUT2D eigenvalue weighted by Gasteiger charge is 2.39. The number of fused-ring (bicyclic) bond motifs is 1. The maximum atomic E-state index is 12.9. The van der Waals surface area contributed by atoms with Crippen LogP contribution in [0.2, 0.25) is 0 Å². The Morgan fingerprint density at radius 1 is 1.23 bits per heavy atom. The number of benzene rings is 1. The molecule has 10 heteroatoms. The lowest BCUT2D eigenvalue weighted by molar-refractivity contribution is -0.119. The second-order valence-corrected chi connectivity index (χ2v) is 8.53. The van der Waals surface area contributed by atoms with E-state index >= 15 is 0 Å². The molecule has 0 spiro atoms. The number of carbonyl (C=O) groups is 1. The van der Waals surface area contributed by atoms with E-state index in [0.29, 0.717) is 49.1 Å². The Morgan fingerprint density at radius 2 is 2.07 bits per heavy atom. The molecule has 4 rings (SSSR count). The standard InChI is InChI=1S/C20H22N4O5S/c1-28-11-12-29-18-9-8-14(13-21-18)22-20(25)16-6-4-10-24(16)19-15-5-2-3-7-17(15)30(26,27)23-19/h2-3,5,7-9,13,16H,4,6,10-12H2,1H3,(H,22,25)/t16-/m0/s1. The molecule has 0 radical (unpaired) electrons. The maximum Gasteiger partial charge on any atom is 0.285 e. The van der Waals surface area contributed by atoms with Gasteiger partial charge in [-0.15, -0.1) is 4.40 Å². The molecule has 1 amide bonds. The zero-order valence-corrected chi connectivity index (χ0v) is 17.3. The van der Waals surface area contributed by atoms with Crippen LogP contribution < -0.4 is 10.1 Å². The molecule has 9 nitrogen and oxygen atoms in total. The van der Waals surface area contributed by atoms with Crippen LogP contribution in [0.1, 0.15) is 18.4 Å². The molecule has 30 heavy (non-hydrogen) atoms. The van der Waals surface area contributed by atoms with Crippen LogP contribution in [0, 0.1) is 0 Å². The van der Waals surface area contributed by atoms with Gasteiger partial charge in [0.1, 0.15) is 17.5 Å². The largest absolute Gasteiger partial charge is 0.475 e. The number of hydrogen-bond donors (Lipinski definition) is 1. The molecule has 2 aromatic rings. The molecule has 0 unspecified atom stereocenters. The molecule has 2 aliphatic rings. The topological polar surface area (TPSA) is 110 Å². The van der Waals surface area contributed by atoms with Crippen LogP contribution in [-0.2, 0) is 19.6 Å². The lowest BCUT2D eigenvalue weighted by Gasteiger charge is -2.25. The van der Waals surface area contributed by atoms with E-state index in [-0.39, 0.29) is 10.8 Å². The number of methoxy groups -OCH3 is 1. The predicted octanol–water partition coefficient (Wildman–Crippen LogP) is 1.66. The fourth-order valence-electron chi connectivity index (χ4n) is 3.58. The molecule has 0 saturated carbocycles. The number of pyridine rings is 1. The molecule has 0 aliphatic carbocycles. The van der Waals surface area contributed by atoms with Crippen LogP contribution in [0.25, 0.3) is 0 Å². The van der Waals surface area contributed by atoms with Gasteiger partial charge in [-0.2, -0.15) is 8.42 Å². The summed E-state index contributed by atoms with van der Waals surface area (Å²) >= 11 is 0. The van der Waals surface area contributed by atoms with Gasteiger partial charge < -0.3 is 19.7 Å². The van der Waals surface area contributed by atoms with Gasteiger partial charge in [0.05, 0.1) is 18.5 Å². The third-order valence-corrected chi connectivity index (χ3v) is 6.31. The number of carbonyl (C=O) groups excluding carboxylic acids is 1. The molecule has 2 aliphatic heterocycles. The molecule has 0 bridgehead atoms. The van der Waals surface area contributed by atoms with Gasteiger partial charge in [-0.05, 0) is 31.0 Å². The van der Waals surface area contributed by atoms with Gasteiger partial charge in [0.2, 0.25) is 11.8 Å². The molecule has 1 fully saturated rings. The lowest BCUT2D eigenvalue weighted by Crippen LogP contribution is -2.43. The number of rotatable bonds is 6.